The molecule has 144 valence electrons. The summed E-state index contributed by atoms with van der Waals surface area (Å²) in [5.74, 6) is 1.38. The van der Waals surface area contributed by atoms with Crippen LogP contribution in [-0.2, 0) is 5.60 Å². The van der Waals surface area contributed by atoms with Gasteiger partial charge in [0, 0.05) is 32.7 Å². The molecule has 1 fully saturated rings. The van der Waals surface area contributed by atoms with E-state index in [0.29, 0.717) is 5.76 Å². The van der Waals surface area contributed by atoms with Crippen molar-refractivity contribution in [2.75, 3.05) is 44.2 Å². The fourth-order valence-electron chi connectivity index (χ4n) is 2.91. The summed E-state index contributed by atoms with van der Waals surface area (Å²) in [7, 11) is 0. The molecule has 2 aromatic rings. The van der Waals surface area contributed by atoms with E-state index >= 15 is 0 Å². The second-order valence-corrected chi connectivity index (χ2v) is 7.27. The van der Waals surface area contributed by atoms with Crippen LogP contribution >= 0.6 is 35.3 Å². The van der Waals surface area contributed by atoms with Crippen LogP contribution in [0.2, 0.25) is 0 Å². The number of anilines is 1. The number of halogens is 1. The second kappa shape index (κ2) is 9.61. The molecule has 3 heterocycles. The highest BCUT2D eigenvalue weighted by molar-refractivity contribution is 14.0. The van der Waals surface area contributed by atoms with E-state index in [0.717, 1.165) is 38.7 Å². The van der Waals surface area contributed by atoms with Gasteiger partial charge in [-0.15, -0.1) is 35.3 Å². The van der Waals surface area contributed by atoms with Crippen LogP contribution in [0.3, 0.4) is 0 Å². The van der Waals surface area contributed by atoms with Crippen LogP contribution in [0.1, 0.15) is 19.6 Å². The van der Waals surface area contributed by atoms with Crippen LogP contribution in [0.5, 0.6) is 0 Å². The molecule has 0 spiro atoms. The van der Waals surface area contributed by atoms with Gasteiger partial charge >= 0.3 is 0 Å². The minimum Gasteiger partial charge on any atom is -0.466 e. The number of hydrogen-bond donors (Lipinski definition) is 2. The molecule has 2 aromatic heterocycles. The Hall–Kier alpha value is -1.26. The van der Waals surface area contributed by atoms with Gasteiger partial charge in [-0.05, 0) is 43.5 Å². The zero-order valence-corrected chi connectivity index (χ0v) is 18.4. The molecule has 1 aliphatic rings. The predicted molar refractivity (Wildman–Crippen MR) is 118 cm³/mol. The second-order valence-electron chi connectivity index (χ2n) is 6.35. The smallest absolute Gasteiger partial charge is 0.194 e. The van der Waals surface area contributed by atoms with Crippen LogP contribution in [0, 0.1) is 0 Å². The van der Waals surface area contributed by atoms with Crippen LogP contribution in [0.25, 0.3) is 0 Å². The van der Waals surface area contributed by atoms with E-state index in [9.17, 15) is 5.11 Å². The van der Waals surface area contributed by atoms with Crippen molar-refractivity contribution in [2.24, 2.45) is 4.99 Å². The van der Waals surface area contributed by atoms with Crippen molar-refractivity contribution in [2.45, 2.75) is 19.4 Å². The van der Waals surface area contributed by atoms with E-state index in [4.69, 9.17) is 4.42 Å². The van der Waals surface area contributed by atoms with Gasteiger partial charge < -0.3 is 24.6 Å². The highest BCUT2D eigenvalue weighted by atomic mass is 127. The summed E-state index contributed by atoms with van der Waals surface area (Å²) in [5.41, 5.74) is -1.11. The van der Waals surface area contributed by atoms with Crippen molar-refractivity contribution in [3.05, 3.63) is 41.7 Å². The van der Waals surface area contributed by atoms with Crippen molar-refractivity contribution >= 4 is 46.3 Å². The molecule has 0 radical (unpaired) electrons. The lowest BCUT2D eigenvalue weighted by atomic mass is 10.0. The Morgan fingerprint density at radius 2 is 2.08 bits per heavy atom. The number of aliphatic imine (C=N–C) groups is 1. The number of thiophene rings is 1. The number of guanidine groups is 1. The highest BCUT2D eigenvalue weighted by Crippen LogP contribution is 2.23. The molecule has 1 unspecified atom stereocenters. The molecule has 8 heteroatoms. The molecule has 0 amide bonds. The first-order valence-electron chi connectivity index (χ1n) is 8.68. The topological polar surface area (TPSA) is 64.2 Å². The maximum absolute atomic E-state index is 10.6. The molecule has 2 N–H and O–H groups in total. The van der Waals surface area contributed by atoms with E-state index in [1.807, 2.05) is 0 Å². The Labute approximate surface area is 175 Å². The average Bonchev–Trinajstić information content (AvgIpc) is 3.32. The molecule has 1 aliphatic heterocycles. The standard InChI is InChI=1S/C18H26N4O2S.HI/c1-3-19-17(20-14-18(2,23)15-6-4-12-24-15)22-10-8-21(9-11-22)16-7-5-13-25-16;/h4-7,12-13,23H,3,8-11,14H2,1-2H3,(H,19,20);1H. The highest BCUT2D eigenvalue weighted by Gasteiger charge is 2.27. The number of nitrogens with one attached hydrogen (secondary N) is 1. The van der Waals surface area contributed by atoms with Crippen LogP contribution < -0.4 is 10.2 Å². The number of furan rings is 1. The van der Waals surface area contributed by atoms with E-state index in [2.05, 4.69) is 44.5 Å². The van der Waals surface area contributed by atoms with Gasteiger partial charge in [-0.25, -0.2) is 4.99 Å². The van der Waals surface area contributed by atoms with Crippen LogP contribution in [-0.4, -0.2) is 55.2 Å². The van der Waals surface area contributed by atoms with Crippen molar-refractivity contribution in [1.29, 1.82) is 0 Å². The molecule has 6 nitrogen and oxygen atoms in total. The Morgan fingerprint density at radius 3 is 2.65 bits per heavy atom. The largest absolute Gasteiger partial charge is 0.466 e. The third kappa shape index (κ3) is 5.14. The van der Waals surface area contributed by atoms with Gasteiger partial charge in [-0.2, -0.15) is 0 Å². The summed E-state index contributed by atoms with van der Waals surface area (Å²) in [5, 5.41) is 17.4. The lowest BCUT2D eigenvalue weighted by molar-refractivity contribution is 0.0434. The zero-order valence-electron chi connectivity index (χ0n) is 15.2. The Morgan fingerprint density at radius 1 is 1.31 bits per heavy atom. The third-order valence-electron chi connectivity index (χ3n) is 4.32. The predicted octanol–water partition coefficient (Wildman–Crippen LogP) is 2.95. The number of hydrogen-bond acceptors (Lipinski definition) is 5. The third-order valence-corrected chi connectivity index (χ3v) is 5.25. The lowest BCUT2D eigenvalue weighted by Gasteiger charge is -2.37. The fourth-order valence-corrected chi connectivity index (χ4v) is 3.69. The molecule has 26 heavy (non-hydrogen) atoms. The molecule has 1 atom stereocenters. The maximum Gasteiger partial charge on any atom is 0.194 e. The van der Waals surface area contributed by atoms with Gasteiger partial charge in [0.05, 0.1) is 17.8 Å². The summed E-state index contributed by atoms with van der Waals surface area (Å²) in [6, 6.07) is 7.82. The van der Waals surface area contributed by atoms with Gasteiger partial charge in [0.25, 0.3) is 0 Å². The van der Waals surface area contributed by atoms with Crippen molar-refractivity contribution in [1.82, 2.24) is 10.2 Å². The number of aliphatic hydroxyl groups is 1. The Bertz CT molecular complexity index is 665. The first-order chi connectivity index (χ1) is 12.1. The van der Waals surface area contributed by atoms with Gasteiger partial charge in [-0.3, -0.25) is 0 Å². The van der Waals surface area contributed by atoms with Crippen LogP contribution in [0.15, 0.2) is 45.3 Å². The molecule has 0 bridgehead atoms. The molecular weight excluding hydrogens is 463 g/mol. The average molecular weight is 490 g/mol. The molecule has 0 aliphatic carbocycles. The first kappa shape index (κ1) is 21.0. The molecule has 0 aromatic carbocycles. The minimum atomic E-state index is -1.11. The summed E-state index contributed by atoms with van der Waals surface area (Å²) in [4.78, 5) is 9.32. The van der Waals surface area contributed by atoms with Gasteiger partial charge in [0.1, 0.15) is 11.4 Å². The van der Waals surface area contributed by atoms with Crippen molar-refractivity contribution in [3.8, 4) is 0 Å². The van der Waals surface area contributed by atoms with E-state index < -0.39 is 5.60 Å². The number of piperazine rings is 1. The normalized spacial score (nSPS) is 17.6. The Balaban J connectivity index is 0.00000243. The number of nitrogens with zero attached hydrogens (tertiary/aromatic N) is 3. The minimum absolute atomic E-state index is 0. The molecular formula is C18H27IN4O2S. The number of rotatable bonds is 5. The zero-order chi connectivity index (χ0) is 17.7. The quantitative estimate of drug-likeness (QED) is 0.384. The Kier molecular flexibility index (Phi) is 7.78. The fraction of sp³-hybridized carbons (Fsp3) is 0.500. The van der Waals surface area contributed by atoms with E-state index in [1.165, 1.54) is 5.00 Å². The van der Waals surface area contributed by atoms with E-state index in [1.54, 1.807) is 36.7 Å². The van der Waals surface area contributed by atoms with Crippen LogP contribution in [0.4, 0.5) is 5.00 Å². The van der Waals surface area contributed by atoms with Gasteiger partial charge in [0.15, 0.2) is 5.96 Å². The molecule has 0 saturated carbocycles. The molecule has 3 rings (SSSR count). The van der Waals surface area contributed by atoms with Crippen molar-refractivity contribution in [3.63, 3.8) is 0 Å². The van der Waals surface area contributed by atoms with E-state index in [-0.39, 0.29) is 30.5 Å². The monoisotopic (exact) mass is 490 g/mol. The SMILES string of the molecule is CCNC(=NCC(C)(O)c1ccco1)N1CCN(c2cccs2)CC1.I. The first-order valence-corrected chi connectivity index (χ1v) is 9.56. The lowest BCUT2D eigenvalue weighted by Crippen LogP contribution is -2.52. The maximum atomic E-state index is 10.6. The van der Waals surface area contributed by atoms with Crippen molar-refractivity contribution < 1.29 is 9.52 Å². The molecule has 1 saturated heterocycles. The summed E-state index contributed by atoms with van der Waals surface area (Å²) >= 11 is 1.78. The summed E-state index contributed by atoms with van der Waals surface area (Å²) in [6.07, 6.45) is 1.57. The van der Waals surface area contributed by atoms with Gasteiger partial charge in [0.2, 0.25) is 0 Å². The summed E-state index contributed by atoms with van der Waals surface area (Å²) in [6.45, 7) is 8.61. The van der Waals surface area contributed by atoms with Gasteiger partial charge in [-0.1, -0.05) is 0 Å². The summed E-state index contributed by atoms with van der Waals surface area (Å²) < 4.78 is 5.33.